The Morgan fingerprint density at radius 1 is 0.857 bits per heavy atom. The summed E-state index contributed by atoms with van der Waals surface area (Å²) < 4.78 is 0. The molecule has 0 saturated carbocycles. The zero-order chi connectivity index (χ0) is 7.11. The van der Waals surface area contributed by atoms with Gasteiger partial charge in [-0.05, 0) is 0 Å². The summed E-state index contributed by atoms with van der Waals surface area (Å²) >= 11 is 0. The summed E-state index contributed by atoms with van der Waals surface area (Å²) in [5.41, 5.74) is 0. The van der Waals surface area contributed by atoms with Crippen LogP contribution < -0.4 is 37.2 Å². The third-order valence-corrected chi connectivity index (χ3v) is 0.556. The van der Waals surface area contributed by atoms with Gasteiger partial charge in [0.05, 0.1) is 0 Å². The molecule has 0 saturated heterocycles. The molecule has 0 nitrogen and oxygen atoms in total. The molecule has 0 aliphatic heterocycles. The van der Waals surface area contributed by atoms with Crippen molar-refractivity contribution in [3.05, 3.63) is 37.8 Å². The fourth-order valence-electron chi connectivity index (χ4n) is 0.321. The monoisotopic (exact) mass is 309 g/mol. The summed E-state index contributed by atoms with van der Waals surface area (Å²) in [5, 5.41) is 0. The Morgan fingerprint density at radius 3 is 1.14 bits per heavy atom. The maximum absolute atomic E-state index is 2.27. The van der Waals surface area contributed by atoms with Crippen molar-refractivity contribution in [1.82, 2.24) is 0 Å². The first-order valence-corrected chi connectivity index (χ1v) is 6.17. The smallest absolute Gasteiger partial charge is 0.0379 e. The van der Waals surface area contributed by atoms with E-state index in [9.17, 15) is 0 Å². The minimum absolute atomic E-state index is 0. The van der Waals surface area contributed by atoms with Crippen LogP contribution in [0.1, 0.15) is 0 Å². The van der Waals surface area contributed by atoms with Crippen LogP contribution in [0.25, 0.3) is 0 Å². The molecule has 1 aromatic carbocycles. The molecule has 0 amide bonds. The number of halogens is 3. The molecule has 0 bridgehead atoms. The number of hydrogen-bond acceptors (Lipinski definition) is 0. The molecule has 0 unspecified atom stereocenters. The summed E-state index contributed by atoms with van der Waals surface area (Å²) in [6.07, 6.45) is 0. The second-order valence-electron chi connectivity index (χ2n) is 2.46. The van der Waals surface area contributed by atoms with Gasteiger partial charge >= 0.3 is 0 Å². The standard InChI is InChI=1S/C5H5.C3H9Si.CH3.3ClH.V/c1-2-4-5-3-1;1-4(2)3;;;;;/h1-5H;1-3H3;1H3;3*1H;/q-1;;-1;;;;/p-3. The first-order chi connectivity index (χ1) is 4.23. The zero-order valence-corrected chi connectivity index (χ0v) is 13.6. The molecule has 0 spiro atoms. The summed E-state index contributed by atoms with van der Waals surface area (Å²) in [5.74, 6) is 0. The van der Waals surface area contributed by atoms with Gasteiger partial charge in [-0.1, -0.05) is 19.6 Å². The van der Waals surface area contributed by atoms with E-state index in [4.69, 9.17) is 0 Å². The largest absolute Gasteiger partial charge is 1.00 e. The van der Waals surface area contributed by atoms with Crippen LogP contribution in [-0.4, -0.2) is 8.80 Å². The van der Waals surface area contributed by atoms with Crippen LogP contribution in [0.15, 0.2) is 30.3 Å². The quantitative estimate of drug-likeness (QED) is 0.331. The fourth-order valence-corrected chi connectivity index (χ4v) is 0.321. The molecule has 5 heteroatoms. The van der Waals surface area contributed by atoms with Crippen LogP contribution in [0.5, 0.6) is 0 Å². The zero-order valence-electron chi connectivity index (χ0n) is 8.97. The van der Waals surface area contributed by atoms with Crippen LogP contribution in [-0.2, 0) is 18.6 Å². The van der Waals surface area contributed by atoms with Crippen LogP contribution in [0.3, 0.4) is 0 Å². The molecule has 1 rings (SSSR count). The van der Waals surface area contributed by atoms with Gasteiger partial charge in [0.15, 0.2) is 0 Å². The minimum Gasteiger partial charge on any atom is -1.00 e. The molecular weight excluding hydrogens is 293 g/mol. The second kappa shape index (κ2) is 29.2. The van der Waals surface area contributed by atoms with Gasteiger partial charge in [-0.15, -0.1) is 0 Å². The van der Waals surface area contributed by atoms with Crippen LogP contribution in [0.2, 0.25) is 19.6 Å². The summed E-state index contributed by atoms with van der Waals surface area (Å²) in [6.45, 7) is 6.81. The summed E-state index contributed by atoms with van der Waals surface area (Å²) in [7, 11) is 0.120. The predicted molar refractivity (Wildman–Crippen MR) is 51.8 cm³/mol. The van der Waals surface area contributed by atoms with Gasteiger partial charge in [-0.3, -0.25) is 0 Å². The molecule has 2 radical (unpaired) electrons. The molecule has 1 aromatic rings. The van der Waals surface area contributed by atoms with Crippen molar-refractivity contribution in [3.8, 4) is 0 Å². The number of hydrogen-bond donors (Lipinski definition) is 0. The number of rotatable bonds is 0. The Balaban J connectivity index is -0.0000000171. The van der Waals surface area contributed by atoms with Gasteiger partial charge in [0.2, 0.25) is 0 Å². The third kappa shape index (κ3) is 51.9. The summed E-state index contributed by atoms with van der Waals surface area (Å²) in [6, 6.07) is 10.0. The minimum atomic E-state index is 0. The average Bonchev–Trinajstić information content (AvgIpc) is 2.11. The van der Waals surface area contributed by atoms with Crippen molar-refractivity contribution in [2.45, 2.75) is 19.6 Å². The molecule has 88 valence electrons. The normalized spacial score (nSPS) is 5.43. The Labute approximate surface area is 121 Å². The second-order valence-corrected chi connectivity index (χ2v) is 5.46. The van der Waals surface area contributed by atoms with Crippen molar-refractivity contribution in [2.24, 2.45) is 0 Å². The molecule has 0 aliphatic rings. The maximum atomic E-state index is 2.27. The Hall–Kier alpha value is 1.02. The van der Waals surface area contributed by atoms with E-state index in [2.05, 4.69) is 19.6 Å². The van der Waals surface area contributed by atoms with E-state index in [0.717, 1.165) is 0 Å². The Bertz CT molecular complexity index is 104. The van der Waals surface area contributed by atoms with Gasteiger partial charge in [0.25, 0.3) is 0 Å². The van der Waals surface area contributed by atoms with Crippen LogP contribution in [0.4, 0.5) is 0 Å². The summed E-state index contributed by atoms with van der Waals surface area (Å²) in [4.78, 5) is 0. The Morgan fingerprint density at radius 2 is 1.07 bits per heavy atom. The van der Waals surface area contributed by atoms with Gasteiger partial charge in [-0.25, -0.2) is 12.1 Å². The van der Waals surface area contributed by atoms with E-state index in [-0.39, 0.29) is 72.0 Å². The molecule has 0 heterocycles. The molecule has 0 aliphatic carbocycles. The van der Waals surface area contributed by atoms with Gasteiger partial charge in [-0.2, -0.15) is 18.2 Å². The molecule has 0 atom stereocenters. The van der Waals surface area contributed by atoms with Crippen molar-refractivity contribution in [1.29, 1.82) is 0 Å². The molecule has 0 N–H and O–H groups in total. The van der Waals surface area contributed by atoms with E-state index < -0.39 is 0 Å². The molecule has 14 heavy (non-hydrogen) atoms. The van der Waals surface area contributed by atoms with Gasteiger partial charge in [0.1, 0.15) is 0 Å². The van der Waals surface area contributed by atoms with Crippen LogP contribution >= 0.6 is 0 Å². The topological polar surface area (TPSA) is 0 Å². The van der Waals surface area contributed by atoms with E-state index >= 15 is 0 Å². The maximum Gasteiger partial charge on any atom is 0.0379 e. The van der Waals surface area contributed by atoms with E-state index in [1.807, 2.05) is 30.3 Å². The SMILES string of the molecule is C[Si](C)C.[CH3-].[Cl-].[Cl-].[Cl-].[V].c1cc[cH-]c1. The van der Waals surface area contributed by atoms with Crippen molar-refractivity contribution < 1.29 is 55.8 Å². The van der Waals surface area contributed by atoms with Gasteiger partial charge in [0, 0.05) is 27.4 Å². The Kier molecular flexibility index (Phi) is 75.7. The average molecular weight is 311 g/mol. The molecule has 0 fully saturated rings. The fraction of sp³-hybridized carbons (Fsp3) is 0.333. The molecule has 0 aromatic heterocycles. The first kappa shape index (κ1) is 36.3. The van der Waals surface area contributed by atoms with Gasteiger partial charge < -0.3 is 44.6 Å². The molecular formula is C9H17Cl3SiV-5. The van der Waals surface area contributed by atoms with Crippen molar-refractivity contribution >= 4 is 8.80 Å². The van der Waals surface area contributed by atoms with Crippen molar-refractivity contribution in [2.75, 3.05) is 0 Å². The van der Waals surface area contributed by atoms with Crippen LogP contribution in [0, 0.1) is 7.43 Å². The third-order valence-electron chi connectivity index (χ3n) is 0.556. The first-order valence-electron chi connectivity index (χ1n) is 3.17. The van der Waals surface area contributed by atoms with E-state index in [0.29, 0.717) is 0 Å². The van der Waals surface area contributed by atoms with E-state index in [1.165, 1.54) is 0 Å². The van der Waals surface area contributed by atoms with E-state index in [1.54, 1.807) is 0 Å². The van der Waals surface area contributed by atoms with Crippen molar-refractivity contribution in [3.63, 3.8) is 0 Å². The predicted octanol–water partition coefficient (Wildman–Crippen LogP) is -5.76.